The predicted octanol–water partition coefficient (Wildman–Crippen LogP) is 2.27. The summed E-state index contributed by atoms with van der Waals surface area (Å²) in [5.41, 5.74) is 7.22. The predicted molar refractivity (Wildman–Crippen MR) is 109 cm³/mol. The van der Waals surface area contributed by atoms with Gasteiger partial charge in [0.1, 0.15) is 0 Å². The zero-order valence-corrected chi connectivity index (χ0v) is 17.5. The Morgan fingerprint density at radius 3 is 2.30 bits per heavy atom. The molecule has 7 nitrogen and oxygen atoms in total. The van der Waals surface area contributed by atoms with E-state index in [1.54, 1.807) is 13.8 Å². The van der Waals surface area contributed by atoms with Gasteiger partial charge in [0, 0.05) is 31.7 Å². The van der Waals surface area contributed by atoms with Crippen LogP contribution in [0.4, 0.5) is 0 Å². The Bertz CT molecular complexity index is 735. The van der Waals surface area contributed by atoms with Gasteiger partial charge >= 0.3 is 0 Å². The van der Waals surface area contributed by atoms with Crippen LogP contribution in [0.1, 0.15) is 25.3 Å². The maximum atomic E-state index is 12.2. The van der Waals surface area contributed by atoms with Crippen LogP contribution in [0.25, 0.3) is 11.4 Å². The number of nitrogens with zero attached hydrogens (tertiary/aromatic N) is 4. The summed E-state index contributed by atoms with van der Waals surface area (Å²) in [7, 11) is 0. The number of carbonyl (C=O) groups is 1. The van der Waals surface area contributed by atoms with Crippen molar-refractivity contribution in [2.45, 2.75) is 32.9 Å². The zero-order chi connectivity index (χ0) is 18.0. The minimum Gasteiger partial charge on any atom is -0.339 e. The average molecular weight is 416 g/mol. The van der Waals surface area contributed by atoms with E-state index in [1.165, 1.54) is 5.56 Å². The normalized spacial score (nSPS) is 15.0. The summed E-state index contributed by atoms with van der Waals surface area (Å²) in [5, 5.41) is 4.06. The van der Waals surface area contributed by atoms with Gasteiger partial charge in [-0.05, 0) is 20.8 Å². The zero-order valence-electron chi connectivity index (χ0n) is 15.8. The molecule has 0 saturated carbocycles. The second-order valence-corrected chi connectivity index (χ2v) is 7.17. The molecular formula is C18H27Cl2N5O2. The van der Waals surface area contributed by atoms with Crippen molar-refractivity contribution in [3.05, 3.63) is 35.7 Å². The van der Waals surface area contributed by atoms with Crippen molar-refractivity contribution in [1.82, 2.24) is 19.9 Å². The number of amides is 1. The molecule has 1 aliphatic heterocycles. The van der Waals surface area contributed by atoms with Crippen molar-refractivity contribution < 1.29 is 9.32 Å². The van der Waals surface area contributed by atoms with Crippen molar-refractivity contribution in [2.75, 3.05) is 26.2 Å². The molecule has 27 heavy (non-hydrogen) atoms. The first-order valence-corrected chi connectivity index (χ1v) is 8.53. The Kier molecular flexibility index (Phi) is 8.23. The Morgan fingerprint density at radius 1 is 1.15 bits per heavy atom. The molecular weight excluding hydrogens is 389 g/mol. The summed E-state index contributed by atoms with van der Waals surface area (Å²) in [4.78, 5) is 20.7. The minimum atomic E-state index is -0.822. The van der Waals surface area contributed by atoms with Crippen LogP contribution in [0.15, 0.2) is 28.8 Å². The molecule has 9 heteroatoms. The summed E-state index contributed by atoms with van der Waals surface area (Å²) in [6.07, 6.45) is 0. The Morgan fingerprint density at radius 2 is 1.74 bits per heavy atom. The Balaban J connectivity index is 0.00000182. The second-order valence-electron chi connectivity index (χ2n) is 7.17. The standard InChI is InChI=1S/C18H25N5O2.2ClH/c1-13-4-6-14(7-5-13)16-20-15(25-21-16)12-22-8-10-23(11-9-22)17(24)18(2,3)19;;/h4-7H,8-12,19H2,1-3H3;2*1H. The van der Waals surface area contributed by atoms with Crippen LogP contribution in [-0.4, -0.2) is 57.6 Å². The van der Waals surface area contributed by atoms with Crippen LogP contribution in [0.2, 0.25) is 0 Å². The van der Waals surface area contributed by atoms with Gasteiger partial charge in [0.05, 0.1) is 12.1 Å². The number of rotatable bonds is 4. The van der Waals surface area contributed by atoms with E-state index in [9.17, 15) is 4.79 Å². The lowest BCUT2D eigenvalue weighted by molar-refractivity contribution is -0.137. The number of hydrogen-bond donors (Lipinski definition) is 1. The van der Waals surface area contributed by atoms with Gasteiger partial charge in [-0.25, -0.2) is 0 Å². The number of aromatic nitrogens is 2. The highest BCUT2D eigenvalue weighted by atomic mass is 35.5. The SMILES string of the molecule is Cc1ccc(-c2noc(CN3CCN(C(=O)C(C)(C)N)CC3)n2)cc1.Cl.Cl. The van der Waals surface area contributed by atoms with Crippen molar-refractivity contribution in [3.63, 3.8) is 0 Å². The number of aryl methyl sites for hydroxylation is 1. The maximum absolute atomic E-state index is 12.2. The van der Waals surface area contributed by atoms with E-state index in [0.717, 1.165) is 18.7 Å². The van der Waals surface area contributed by atoms with Gasteiger partial charge in [-0.1, -0.05) is 35.0 Å². The minimum absolute atomic E-state index is 0. The fourth-order valence-corrected chi connectivity index (χ4v) is 2.85. The van der Waals surface area contributed by atoms with Crippen LogP contribution < -0.4 is 5.73 Å². The molecule has 2 heterocycles. The van der Waals surface area contributed by atoms with E-state index in [2.05, 4.69) is 15.0 Å². The maximum Gasteiger partial charge on any atom is 0.242 e. The van der Waals surface area contributed by atoms with E-state index in [4.69, 9.17) is 10.3 Å². The molecule has 0 bridgehead atoms. The molecule has 1 saturated heterocycles. The third-order valence-electron chi connectivity index (χ3n) is 4.35. The van der Waals surface area contributed by atoms with E-state index in [-0.39, 0.29) is 30.7 Å². The molecule has 0 spiro atoms. The molecule has 1 aliphatic rings. The monoisotopic (exact) mass is 415 g/mol. The van der Waals surface area contributed by atoms with E-state index in [1.807, 2.05) is 36.1 Å². The molecule has 1 aromatic heterocycles. The van der Waals surface area contributed by atoms with Gasteiger partial charge < -0.3 is 15.2 Å². The highest BCUT2D eigenvalue weighted by Gasteiger charge is 2.30. The van der Waals surface area contributed by atoms with E-state index >= 15 is 0 Å². The van der Waals surface area contributed by atoms with Gasteiger partial charge in [0.2, 0.25) is 17.6 Å². The summed E-state index contributed by atoms with van der Waals surface area (Å²) < 4.78 is 5.38. The smallest absolute Gasteiger partial charge is 0.242 e. The molecule has 0 radical (unpaired) electrons. The molecule has 1 amide bonds. The van der Waals surface area contributed by atoms with Gasteiger partial charge in [-0.15, -0.1) is 24.8 Å². The summed E-state index contributed by atoms with van der Waals surface area (Å²) >= 11 is 0. The van der Waals surface area contributed by atoms with Gasteiger partial charge in [-0.2, -0.15) is 4.98 Å². The molecule has 1 aromatic carbocycles. The number of piperazine rings is 1. The van der Waals surface area contributed by atoms with Crippen molar-refractivity contribution in [1.29, 1.82) is 0 Å². The van der Waals surface area contributed by atoms with Crippen molar-refractivity contribution >= 4 is 30.7 Å². The Labute approximate surface area is 172 Å². The number of halogens is 2. The lowest BCUT2D eigenvalue weighted by Crippen LogP contribution is -2.56. The summed E-state index contributed by atoms with van der Waals surface area (Å²) in [6.45, 7) is 8.99. The van der Waals surface area contributed by atoms with Crippen molar-refractivity contribution in [3.8, 4) is 11.4 Å². The largest absolute Gasteiger partial charge is 0.339 e. The van der Waals surface area contributed by atoms with Crippen LogP contribution in [0.5, 0.6) is 0 Å². The first kappa shape index (κ1) is 23.4. The molecule has 3 rings (SSSR count). The first-order chi connectivity index (χ1) is 11.8. The van der Waals surface area contributed by atoms with Crippen LogP contribution >= 0.6 is 24.8 Å². The highest BCUT2D eigenvalue weighted by Crippen LogP contribution is 2.17. The highest BCUT2D eigenvalue weighted by molar-refractivity contribution is 5.86. The fourth-order valence-electron chi connectivity index (χ4n) is 2.85. The number of carbonyl (C=O) groups excluding carboxylic acids is 1. The van der Waals surface area contributed by atoms with E-state index < -0.39 is 5.54 Å². The van der Waals surface area contributed by atoms with Crippen LogP contribution in [-0.2, 0) is 11.3 Å². The molecule has 0 atom stereocenters. The number of nitrogens with two attached hydrogens (primary N) is 1. The Hall–Kier alpha value is -1.67. The number of hydrogen-bond acceptors (Lipinski definition) is 6. The van der Waals surface area contributed by atoms with Crippen LogP contribution in [0.3, 0.4) is 0 Å². The third-order valence-corrected chi connectivity index (χ3v) is 4.35. The number of benzene rings is 1. The average Bonchev–Trinajstić information content (AvgIpc) is 3.03. The van der Waals surface area contributed by atoms with Gasteiger partial charge in [0.15, 0.2) is 0 Å². The molecule has 1 fully saturated rings. The topological polar surface area (TPSA) is 88.5 Å². The molecule has 0 aliphatic carbocycles. The molecule has 150 valence electrons. The van der Waals surface area contributed by atoms with Crippen LogP contribution in [0, 0.1) is 6.92 Å². The third kappa shape index (κ3) is 5.90. The fraction of sp³-hybridized carbons (Fsp3) is 0.500. The van der Waals surface area contributed by atoms with E-state index in [0.29, 0.717) is 31.3 Å². The first-order valence-electron chi connectivity index (χ1n) is 8.53. The molecule has 2 N–H and O–H groups in total. The molecule has 0 unspecified atom stereocenters. The lowest BCUT2D eigenvalue weighted by Gasteiger charge is -2.36. The molecule has 2 aromatic rings. The second kappa shape index (κ2) is 9.50. The summed E-state index contributed by atoms with van der Waals surface area (Å²) in [5.74, 6) is 1.19. The van der Waals surface area contributed by atoms with Gasteiger partial charge in [0.25, 0.3) is 0 Å². The lowest BCUT2D eigenvalue weighted by atomic mass is 10.0. The van der Waals surface area contributed by atoms with Gasteiger partial charge in [-0.3, -0.25) is 9.69 Å². The van der Waals surface area contributed by atoms with Crippen molar-refractivity contribution in [2.24, 2.45) is 5.73 Å². The summed E-state index contributed by atoms with van der Waals surface area (Å²) in [6, 6.07) is 8.03. The quantitative estimate of drug-likeness (QED) is 0.823.